The van der Waals surface area contributed by atoms with Gasteiger partial charge in [-0.05, 0) is 54.6 Å². The van der Waals surface area contributed by atoms with Gasteiger partial charge in [0.1, 0.15) is 0 Å². The molecule has 1 saturated carbocycles. The molecule has 8 heteroatoms. The van der Waals surface area contributed by atoms with Gasteiger partial charge in [-0.15, -0.1) is 24.8 Å². The molecule has 1 aliphatic rings. The van der Waals surface area contributed by atoms with Crippen LogP contribution in [-0.2, 0) is 11.3 Å². The van der Waals surface area contributed by atoms with Crippen LogP contribution in [0.1, 0.15) is 54.4 Å². The van der Waals surface area contributed by atoms with Gasteiger partial charge in [-0.2, -0.15) is 0 Å². The number of aromatic nitrogens is 1. The molecular formula is C23H32Cl2N4O2. The summed E-state index contributed by atoms with van der Waals surface area (Å²) in [5.74, 6) is -0.0283. The van der Waals surface area contributed by atoms with Crippen molar-refractivity contribution in [1.82, 2.24) is 10.3 Å². The van der Waals surface area contributed by atoms with Gasteiger partial charge in [0, 0.05) is 43.7 Å². The van der Waals surface area contributed by atoms with Crippen molar-refractivity contribution in [2.75, 3.05) is 18.5 Å². The minimum atomic E-state index is -0.0898. The summed E-state index contributed by atoms with van der Waals surface area (Å²) in [5, 5.41) is 3.02. The number of hydrogen-bond donors (Lipinski definition) is 2. The number of hydrogen-bond acceptors (Lipinski definition) is 4. The molecule has 31 heavy (non-hydrogen) atoms. The zero-order valence-corrected chi connectivity index (χ0v) is 19.5. The fourth-order valence-corrected chi connectivity index (χ4v) is 4.00. The summed E-state index contributed by atoms with van der Waals surface area (Å²) in [6, 6.07) is 11.1. The highest BCUT2D eigenvalue weighted by molar-refractivity contribution is 6.05. The quantitative estimate of drug-likeness (QED) is 0.641. The van der Waals surface area contributed by atoms with Crippen molar-refractivity contribution in [3.8, 4) is 0 Å². The lowest BCUT2D eigenvalue weighted by molar-refractivity contribution is -0.124. The van der Waals surface area contributed by atoms with Crippen LogP contribution in [0.15, 0.2) is 48.8 Å². The van der Waals surface area contributed by atoms with Crippen LogP contribution in [0, 0.1) is 5.41 Å². The molecule has 0 atom stereocenters. The van der Waals surface area contributed by atoms with E-state index in [0.29, 0.717) is 25.1 Å². The number of nitrogens with one attached hydrogen (secondary N) is 1. The summed E-state index contributed by atoms with van der Waals surface area (Å²) in [6.07, 6.45) is 9.38. The van der Waals surface area contributed by atoms with Crippen molar-refractivity contribution in [3.63, 3.8) is 0 Å². The van der Waals surface area contributed by atoms with Crippen molar-refractivity contribution in [2.45, 2.75) is 45.1 Å². The van der Waals surface area contributed by atoms with E-state index in [4.69, 9.17) is 5.73 Å². The fourth-order valence-electron chi connectivity index (χ4n) is 4.00. The molecule has 1 aromatic carbocycles. The third-order valence-electron chi connectivity index (χ3n) is 5.93. The summed E-state index contributed by atoms with van der Waals surface area (Å²) < 4.78 is 0. The Morgan fingerprint density at radius 1 is 1.03 bits per heavy atom. The largest absolute Gasteiger partial charge is 0.352 e. The Hall–Kier alpha value is -2.15. The third-order valence-corrected chi connectivity index (χ3v) is 5.93. The van der Waals surface area contributed by atoms with Crippen LogP contribution in [0.5, 0.6) is 0 Å². The van der Waals surface area contributed by atoms with Crippen LogP contribution in [-0.4, -0.2) is 30.4 Å². The molecule has 0 unspecified atom stereocenters. The molecule has 3 rings (SSSR count). The van der Waals surface area contributed by atoms with Gasteiger partial charge < -0.3 is 16.0 Å². The normalized spacial score (nSPS) is 14.5. The molecule has 170 valence electrons. The Kier molecular flexibility index (Phi) is 11.0. The van der Waals surface area contributed by atoms with Crippen LogP contribution >= 0.6 is 24.8 Å². The Bertz CT molecular complexity index is 825. The summed E-state index contributed by atoms with van der Waals surface area (Å²) in [6.45, 7) is 1.05. The van der Waals surface area contributed by atoms with Crippen LogP contribution in [0.3, 0.4) is 0 Å². The zero-order chi connectivity index (χ0) is 20.7. The number of carbonyl (C=O) groups excluding carboxylic acids is 2. The van der Waals surface area contributed by atoms with E-state index < -0.39 is 0 Å². The number of halogens is 2. The van der Waals surface area contributed by atoms with Gasteiger partial charge in [-0.25, -0.2) is 0 Å². The van der Waals surface area contributed by atoms with E-state index in [2.05, 4.69) is 10.3 Å². The number of nitrogens with two attached hydrogens (primary N) is 1. The maximum absolute atomic E-state index is 12.5. The van der Waals surface area contributed by atoms with E-state index in [9.17, 15) is 9.59 Å². The zero-order valence-electron chi connectivity index (χ0n) is 17.9. The Balaban J connectivity index is 0.00000240. The van der Waals surface area contributed by atoms with Gasteiger partial charge in [0.15, 0.2) is 0 Å². The third kappa shape index (κ3) is 7.20. The highest BCUT2D eigenvalue weighted by Gasteiger charge is 2.32. The second kappa shape index (κ2) is 12.6. The van der Waals surface area contributed by atoms with E-state index in [1.54, 1.807) is 36.5 Å². The van der Waals surface area contributed by atoms with Gasteiger partial charge >= 0.3 is 0 Å². The second-order valence-corrected chi connectivity index (χ2v) is 7.98. The minimum absolute atomic E-state index is 0. The van der Waals surface area contributed by atoms with Gasteiger partial charge in [0.25, 0.3) is 5.91 Å². The number of rotatable bonds is 7. The first-order chi connectivity index (χ1) is 14.0. The van der Waals surface area contributed by atoms with Crippen LogP contribution in [0.4, 0.5) is 5.69 Å². The molecule has 0 bridgehead atoms. The molecule has 0 radical (unpaired) electrons. The highest BCUT2D eigenvalue weighted by atomic mass is 35.5. The van der Waals surface area contributed by atoms with Gasteiger partial charge in [-0.1, -0.05) is 31.4 Å². The van der Waals surface area contributed by atoms with Crippen molar-refractivity contribution in [1.29, 1.82) is 0 Å². The van der Waals surface area contributed by atoms with E-state index in [0.717, 1.165) is 36.9 Å². The molecule has 3 N–H and O–H groups in total. The number of nitrogens with zero attached hydrogens (tertiary/aromatic N) is 2. The number of anilines is 1. The summed E-state index contributed by atoms with van der Waals surface area (Å²) >= 11 is 0. The minimum Gasteiger partial charge on any atom is -0.352 e. The molecule has 1 heterocycles. The molecule has 2 amide bonds. The van der Waals surface area contributed by atoms with Crippen molar-refractivity contribution < 1.29 is 9.59 Å². The molecule has 0 aliphatic heterocycles. The highest BCUT2D eigenvalue weighted by Crippen LogP contribution is 2.38. The van der Waals surface area contributed by atoms with E-state index in [-0.39, 0.29) is 42.0 Å². The van der Waals surface area contributed by atoms with E-state index >= 15 is 0 Å². The van der Waals surface area contributed by atoms with E-state index in [1.165, 1.54) is 6.42 Å². The lowest BCUT2D eigenvalue weighted by atomic mass is 9.71. The van der Waals surface area contributed by atoms with Crippen molar-refractivity contribution in [3.05, 3.63) is 59.9 Å². The van der Waals surface area contributed by atoms with Gasteiger partial charge in [0.2, 0.25) is 5.91 Å². The monoisotopic (exact) mass is 466 g/mol. The summed E-state index contributed by atoms with van der Waals surface area (Å²) in [4.78, 5) is 30.5. The fraction of sp³-hybridized carbons (Fsp3) is 0.435. The summed E-state index contributed by atoms with van der Waals surface area (Å²) in [7, 11) is 1.75. The smallest absolute Gasteiger partial charge is 0.258 e. The molecule has 1 fully saturated rings. The van der Waals surface area contributed by atoms with Crippen molar-refractivity contribution in [2.24, 2.45) is 11.1 Å². The molecule has 6 nitrogen and oxygen atoms in total. The average molecular weight is 467 g/mol. The van der Waals surface area contributed by atoms with Crippen LogP contribution < -0.4 is 16.0 Å². The van der Waals surface area contributed by atoms with Crippen LogP contribution in [0.2, 0.25) is 0 Å². The van der Waals surface area contributed by atoms with Crippen molar-refractivity contribution >= 4 is 42.3 Å². The molecule has 1 aromatic heterocycles. The first-order valence-corrected chi connectivity index (χ1v) is 10.3. The number of amides is 2. The van der Waals surface area contributed by atoms with Gasteiger partial charge in [-0.3, -0.25) is 14.6 Å². The Morgan fingerprint density at radius 3 is 2.23 bits per heavy atom. The first-order valence-electron chi connectivity index (χ1n) is 10.3. The molecule has 1 aliphatic carbocycles. The lowest BCUT2D eigenvalue weighted by Gasteiger charge is -2.35. The average Bonchev–Trinajstić information content (AvgIpc) is 2.78. The standard InChI is InChI=1S/C23H30N4O2.2ClH/c1-27(22(29)19-9-13-25-14-10-19)20-7-5-18(6-8-20)16-26-21(28)15-23(17-24)11-3-2-4-12-23;;/h5-10,13-14H,2-4,11-12,15-17,24H2,1H3,(H,26,28);2*1H. The Labute approximate surface area is 196 Å². The Morgan fingerprint density at radius 2 is 1.65 bits per heavy atom. The van der Waals surface area contributed by atoms with E-state index in [1.807, 2.05) is 24.3 Å². The number of carbonyl (C=O) groups is 2. The first kappa shape index (κ1) is 26.9. The molecule has 0 spiro atoms. The SMILES string of the molecule is CN(C(=O)c1ccncc1)c1ccc(CNC(=O)CC2(CN)CCCCC2)cc1.Cl.Cl. The predicted molar refractivity (Wildman–Crippen MR) is 129 cm³/mol. The topological polar surface area (TPSA) is 88.3 Å². The maximum atomic E-state index is 12.5. The van der Waals surface area contributed by atoms with Gasteiger partial charge in [0.05, 0.1) is 0 Å². The lowest BCUT2D eigenvalue weighted by Crippen LogP contribution is -2.38. The number of benzene rings is 1. The second-order valence-electron chi connectivity index (χ2n) is 7.98. The molecule has 0 saturated heterocycles. The molecule has 2 aromatic rings. The van der Waals surface area contributed by atoms with Crippen LogP contribution in [0.25, 0.3) is 0 Å². The molecular weight excluding hydrogens is 435 g/mol. The predicted octanol–water partition coefficient (Wildman–Crippen LogP) is 4.12. The summed E-state index contributed by atoms with van der Waals surface area (Å²) in [5.41, 5.74) is 8.35. The maximum Gasteiger partial charge on any atom is 0.258 e. The number of pyridine rings is 1.